The van der Waals surface area contributed by atoms with Crippen LogP contribution < -0.4 is 0 Å². The fraction of sp³-hybridized carbons (Fsp3) is 0.522. The van der Waals surface area contributed by atoms with E-state index in [2.05, 4.69) is 6.08 Å². The lowest BCUT2D eigenvalue weighted by Crippen LogP contribution is -2.35. The van der Waals surface area contributed by atoms with Crippen LogP contribution in [0, 0.1) is 0 Å². The summed E-state index contributed by atoms with van der Waals surface area (Å²) in [4.78, 5) is 12.6. The molecule has 0 N–H and O–H groups in total. The smallest absolute Gasteiger partial charge is 0.243 e. The molecule has 1 aliphatic carbocycles. The van der Waals surface area contributed by atoms with Gasteiger partial charge in [-0.05, 0) is 67.9 Å². The molecule has 0 unspecified atom stereocenters. The van der Waals surface area contributed by atoms with E-state index in [0.29, 0.717) is 42.3 Å². The van der Waals surface area contributed by atoms with Crippen LogP contribution in [-0.4, -0.2) is 31.6 Å². The number of halogens is 1. The average Bonchev–Trinajstić information content (AvgIpc) is 2.77. The number of hydrogen-bond acceptors (Lipinski definition) is 3. The summed E-state index contributed by atoms with van der Waals surface area (Å²) >= 11 is 6.28. The highest BCUT2D eigenvalue weighted by atomic mass is 35.5. The van der Waals surface area contributed by atoms with Crippen LogP contribution in [0.5, 0.6) is 0 Å². The second-order valence-electron chi connectivity index (χ2n) is 7.15. The number of piperidine rings is 1. The molecule has 160 valence electrons. The van der Waals surface area contributed by atoms with Crippen LogP contribution in [0.15, 0.2) is 46.9 Å². The third-order valence-electron chi connectivity index (χ3n) is 5.19. The van der Waals surface area contributed by atoms with Crippen molar-refractivity contribution >= 4 is 27.4 Å². The molecule has 1 aromatic carbocycles. The summed E-state index contributed by atoms with van der Waals surface area (Å²) in [5.41, 5.74) is 1.67. The fourth-order valence-electron chi connectivity index (χ4n) is 3.59. The van der Waals surface area contributed by atoms with Crippen molar-refractivity contribution in [3.8, 4) is 0 Å². The van der Waals surface area contributed by atoms with Gasteiger partial charge in [-0.25, -0.2) is 8.42 Å². The first-order valence-electron chi connectivity index (χ1n) is 10.7. The first-order chi connectivity index (χ1) is 14.0. The van der Waals surface area contributed by atoms with Crippen molar-refractivity contribution in [2.75, 3.05) is 13.1 Å². The van der Waals surface area contributed by atoms with Gasteiger partial charge in [0.1, 0.15) is 0 Å². The molecule has 1 saturated heterocycles. The first-order valence-corrected chi connectivity index (χ1v) is 12.5. The zero-order valence-corrected chi connectivity index (χ0v) is 19.1. The second kappa shape index (κ2) is 11.7. The summed E-state index contributed by atoms with van der Waals surface area (Å²) in [7, 11) is -3.47. The van der Waals surface area contributed by atoms with E-state index >= 15 is 0 Å². The van der Waals surface area contributed by atoms with E-state index in [0.717, 1.165) is 43.2 Å². The van der Waals surface area contributed by atoms with Crippen molar-refractivity contribution in [1.29, 1.82) is 0 Å². The number of aryl methyl sites for hydroxylation is 1. The lowest BCUT2D eigenvalue weighted by atomic mass is 9.97. The predicted octanol–water partition coefficient (Wildman–Crippen LogP) is 5.71. The Bertz CT molecular complexity index is 853. The monoisotopic (exact) mass is 437 g/mol. The van der Waals surface area contributed by atoms with E-state index < -0.39 is 10.0 Å². The van der Waals surface area contributed by atoms with Gasteiger partial charge in [0.25, 0.3) is 0 Å². The minimum absolute atomic E-state index is 0.174. The topological polar surface area (TPSA) is 54.5 Å². The lowest BCUT2D eigenvalue weighted by Gasteiger charge is -2.26. The molecule has 29 heavy (non-hydrogen) atoms. The van der Waals surface area contributed by atoms with Crippen molar-refractivity contribution in [3.05, 3.63) is 52.6 Å². The van der Waals surface area contributed by atoms with E-state index in [-0.39, 0.29) is 5.78 Å². The quantitative estimate of drug-likeness (QED) is 0.549. The van der Waals surface area contributed by atoms with Crippen LogP contribution in [0.1, 0.15) is 64.4 Å². The van der Waals surface area contributed by atoms with Crippen LogP contribution in [-0.2, 0) is 21.2 Å². The summed E-state index contributed by atoms with van der Waals surface area (Å²) in [6.45, 7) is 5.16. The van der Waals surface area contributed by atoms with Crippen molar-refractivity contribution in [3.63, 3.8) is 0 Å². The highest BCUT2D eigenvalue weighted by Crippen LogP contribution is 2.26. The summed E-state index contributed by atoms with van der Waals surface area (Å²) < 4.78 is 27.3. The molecule has 1 fully saturated rings. The Morgan fingerprint density at radius 2 is 1.86 bits per heavy atom. The fourth-order valence-corrected chi connectivity index (χ4v) is 5.37. The zero-order chi connectivity index (χ0) is 21.3. The number of rotatable bonds is 7. The molecular formula is C23H32ClNO3S. The Balaban J connectivity index is 0.00000145. The van der Waals surface area contributed by atoms with Gasteiger partial charge in [0.05, 0.1) is 4.90 Å². The molecule has 0 atom stereocenters. The van der Waals surface area contributed by atoms with Crippen molar-refractivity contribution < 1.29 is 13.2 Å². The number of ketones is 1. The van der Waals surface area contributed by atoms with E-state index in [9.17, 15) is 13.2 Å². The lowest BCUT2D eigenvalue weighted by molar-refractivity contribution is -0.115. The van der Waals surface area contributed by atoms with Crippen molar-refractivity contribution in [2.24, 2.45) is 0 Å². The molecule has 1 aromatic rings. The Morgan fingerprint density at radius 1 is 1.14 bits per heavy atom. The van der Waals surface area contributed by atoms with Gasteiger partial charge < -0.3 is 0 Å². The van der Waals surface area contributed by atoms with Gasteiger partial charge in [0, 0.05) is 24.5 Å². The number of carbonyl (C=O) groups is 1. The number of carbonyl (C=O) groups excluding carboxylic acids is 1. The van der Waals surface area contributed by atoms with E-state index in [4.69, 9.17) is 11.6 Å². The Labute approximate surface area is 180 Å². The van der Waals surface area contributed by atoms with Crippen LogP contribution >= 0.6 is 11.6 Å². The van der Waals surface area contributed by atoms with Crippen LogP contribution in [0.2, 0.25) is 5.02 Å². The Hall–Kier alpha value is -1.43. The van der Waals surface area contributed by atoms with Gasteiger partial charge in [-0.1, -0.05) is 50.1 Å². The van der Waals surface area contributed by atoms with Gasteiger partial charge in [-0.15, -0.1) is 0 Å². The number of nitrogens with zero attached hydrogens (tertiary/aromatic N) is 1. The molecule has 1 aliphatic heterocycles. The van der Waals surface area contributed by atoms with E-state index in [1.54, 1.807) is 22.5 Å². The summed E-state index contributed by atoms with van der Waals surface area (Å²) in [6.07, 6.45) is 12.2. The van der Waals surface area contributed by atoms with Gasteiger partial charge in [-0.3, -0.25) is 4.79 Å². The van der Waals surface area contributed by atoms with Crippen molar-refractivity contribution in [2.45, 2.75) is 70.1 Å². The normalized spacial score (nSPS) is 17.3. The third kappa shape index (κ3) is 6.53. The van der Waals surface area contributed by atoms with Crippen molar-refractivity contribution in [1.82, 2.24) is 4.31 Å². The largest absolute Gasteiger partial charge is 0.295 e. The van der Waals surface area contributed by atoms with Gasteiger partial charge in [-0.2, -0.15) is 4.31 Å². The molecule has 0 saturated carbocycles. The maximum Gasteiger partial charge on any atom is 0.243 e. The molecule has 2 aliphatic rings. The number of Topliss-reactive ketones (excluding diaryl/α,β-unsaturated/α-hetero) is 1. The summed E-state index contributed by atoms with van der Waals surface area (Å²) in [5, 5.41) is 0.555. The van der Waals surface area contributed by atoms with Gasteiger partial charge in [0.2, 0.25) is 10.0 Å². The second-order valence-corrected chi connectivity index (χ2v) is 9.50. The van der Waals surface area contributed by atoms with Gasteiger partial charge >= 0.3 is 0 Å². The first kappa shape index (κ1) is 23.8. The Kier molecular flexibility index (Phi) is 9.60. The van der Waals surface area contributed by atoms with E-state index in [1.807, 2.05) is 26.0 Å². The minimum Gasteiger partial charge on any atom is -0.295 e. The summed E-state index contributed by atoms with van der Waals surface area (Å²) in [5.74, 6) is 0.174. The number of benzene rings is 1. The van der Waals surface area contributed by atoms with Crippen LogP contribution in [0.4, 0.5) is 0 Å². The average molecular weight is 438 g/mol. The maximum absolute atomic E-state index is 12.9. The third-order valence-corrected chi connectivity index (χ3v) is 7.46. The zero-order valence-electron chi connectivity index (χ0n) is 17.5. The van der Waals surface area contributed by atoms with Crippen LogP contribution in [0.3, 0.4) is 0 Å². The van der Waals surface area contributed by atoms with E-state index in [1.165, 1.54) is 0 Å². The maximum atomic E-state index is 12.9. The molecule has 0 spiro atoms. The molecule has 6 heteroatoms. The SMILES string of the molecule is CC.O=C(CCCc1cc(S(=O)(=O)N2CCCCC2)ccc1Cl)C1=CC=CCC1. The number of allylic oxidation sites excluding steroid dienone is 4. The minimum atomic E-state index is -3.47. The molecule has 0 amide bonds. The highest BCUT2D eigenvalue weighted by Gasteiger charge is 2.26. The molecule has 0 bridgehead atoms. The molecule has 3 rings (SSSR count). The number of hydrogen-bond donors (Lipinski definition) is 0. The van der Waals surface area contributed by atoms with Crippen LogP contribution in [0.25, 0.3) is 0 Å². The standard InChI is InChI=1S/C21H26ClNO3S.C2H6/c22-20-13-12-19(27(25,26)23-14-5-2-6-15-23)16-18(20)10-7-11-21(24)17-8-3-1-4-9-17;1-2/h1,3,8,12-13,16H,2,4-7,9-11,14-15H2;1-2H3. The molecular weight excluding hydrogens is 406 g/mol. The molecule has 4 nitrogen and oxygen atoms in total. The highest BCUT2D eigenvalue weighted by molar-refractivity contribution is 7.89. The predicted molar refractivity (Wildman–Crippen MR) is 120 cm³/mol. The molecule has 0 radical (unpaired) electrons. The summed E-state index contributed by atoms with van der Waals surface area (Å²) in [6, 6.07) is 4.92. The number of sulfonamides is 1. The Morgan fingerprint density at radius 3 is 2.52 bits per heavy atom. The molecule has 1 heterocycles. The molecule has 0 aromatic heterocycles. The van der Waals surface area contributed by atoms with Gasteiger partial charge in [0.15, 0.2) is 5.78 Å².